The zero-order chi connectivity index (χ0) is 53.8. The molecule has 0 saturated carbocycles. The van der Waals surface area contributed by atoms with Crippen molar-refractivity contribution in [3.05, 3.63) is 84.4 Å². The number of amides is 4. The van der Waals surface area contributed by atoms with Gasteiger partial charge in [0.2, 0.25) is 0 Å². The van der Waals surface area contributed by atoms with E-state index in [9.17, 15) is 19.2 Å². The Bertz CT molecular complexity index is 2160. The molecule has 4 N–H and O–H groups in total. The first kappa shape index (κ1) is 58.7. The highest BCUT2D eigenvalue weighted by atomic mass is 16.6. The van der Waals surface area contributed by atoms with Crippen molar-refractivity contribution in [3.63, 3.8) is 0 Å². The number of alkyl carbamates (subject to hydrolysis) is 4. The van der Waals surface area contributed by atoms with Crippen LogP contribution in [-0.4, -0.2) is 99.4 Å². The topological polar surface area (TPSA) is 190 Å². The molecule has 4 aromatic rings. The van der Waals surface area contributed by atoms with E-state index in [0.29, 0.717) is 101 Å². The first-order valence-corrected chi connectivity index (χ1v) is 25.1. The Hall–Kier alpha value is -6.84. The zero-order valence-electron chi connectivity index (χ0n) is 45.4. The van der Waals surface area contributed by atoms with E-state index in [1.54, 1.807) is 0 Å². The van der Waals surface area contributed by atoms with E-state index >= 15 is 0 Å². The van der Waals surface area contributed by atoms with E-state index in [-0.39, 0.29) is 0 Å². The van der Waals surface area contributed by atoms with Crippen molar-refractivity contribution in [2.75, 3.05) is 52.6 Å². The number of nitrogens with one attached hydrogen (secondary N) is 4. The number of aryl methyl sites for hydroxylation is 1. The van der Waals surface area contributed by atoms with Crippen LogP contribution < -0.4 is 40.2 Å². The lowest BCUT2D eigenvalue weighted by Gasteiger charge is -2.19. The molecule has 0 aliphatic carbocycles. The van der Waals surface area contributed by atoms with Crippen LogP contribution in [-0.2, 0) is 18.9 Å². The minimum Gasteiger partial charge on any atom is -0.493 e. The summed E-state index contributed by atoms with van der Waals surface area (Å²) in [5, 5.41) is 11.1. The molecule has 0 heterocycles. The summed E-state index contributed by atoms with van der Waals surface area (Å²) in [6, 6.07) is 26.2. The van der Waals surface area contributed by atoms with Gasteiger partial charge < -0.3 is 59.2 Å². The molecule has 16 nitrogen and oxygen atoms in total. The summed E-state index contributed by atoms with van der Waals surface area (Å²) >= 11 is 0. The fourth-order valence-corrected chi connectivity index (χ4v) is 6.75. The number of rotatable bonds is 23. The van der Waals surface area contributed by atoms with Gasteiger partial charge in [0, 0.05) is 38.3 Å². The van der Waals surface area contributed by atoms with Gasteiger partial charge in [-0.05, 0) is 192 Å². The maximum absolute atomic E-state index is 12.3. The standard InChI is InChI=1S/C57H80N4O12/c1-39-18-20-40(21-19-39)41-30-42(44-33-46(66-26-14-22-58-50(62)70-54(2,3)4)37-47(34-44)67-27-15-23-59-51(63)71-55(5,6)7)32-43(31-41)45-35-48(68-28-16-24-60-52(64)72-56(8,9)10)38-49(36-45)69-29-17-25-61-53(65)73-57(11,12)13/h18-21,30-38H,14-17,22-29H2,1-13H3,(H,58,62)(H,59,63)(H,60,64)(H,61,65). The molecule has 0 aliphatic heterocycles. The van der Waals surface area contributed by atoms with Crippen LogP contribution in [0.1, 0.15) is 114 Å². The number of carbonyl (C=O) groups is 4. The van der Waals surface area contributed by atoms with Crippen LogP contribution in [0.15, 0.2) is 78.9 Å². The largest absolute Gasteiger partial charge is 0.493 e. The molecule has 0 spiro atoms. The minimum atomic E-state index is -0.612. The molecule has 4 amide bonds. The van der Waals surface area contributed by atoms with Crippen molar-refractivity contribution in [2.45, 2.75) is 138 Å². The Morgan fingerprint density at radius 2 is 0.575 bits per heavy atom. The van der Waals surface area contributed by atoms with Gasteiger partial charge in [0.1, 0.15) is 45.4 Å². The van der Waals surface area contributed by atoms with E-state index in [1.807, 2.05) is 126 Å². The molecule has 0 bridgehead atoms. The summed E-state index contributed by atoms with van der Waals surface area (Å²) in [5.41, 5.74) is 4.03. The summed E-state index contributed by atoms with van der Waals surface area (Å²) in [6.45, 7) is 26.4. The molecule has 0 unspecified atom stereocenters. The number of benzene rings is 4. The van der Waals surface area contributed by atoms with E-state index in [0.717, 1.165) is 38.9 Å². The van der Waals surface area contributed by atoms with Gasteiger partial charge in [0.25, 0.3) is 0 Å². The fourth-order valence-electron chi connectivity index (χ4n) is 6.75. The molecule has 0 saturated heterocycles. The molecule has 4 rings (SSSR count). The second-order valence-electron chi connectivity index (χ2n) is 21.6. The first-order valence-electron chi connectivity index (χ1n) is 25.1. The third-order valence-electron chi connectivity index (χ3n) is 9.78. The van der Waals surface area contributed by atoms with E-state index in [2.05, 4.69) is 63.7 Å². The average molecular weight is 1010 g/mol. The molecule has 0 radical (unpaired) electrons. The van der Waals surface area contributed by atoms with E-state index in [1.165, 1.54) is 0 Å². The average Bonchev–Trinajstić information content (AvgIpc) is 3.26. The predicted octanol–water partition coefficient (Wildman–Crippen LogP) is 12.2. The summed E-state index contributed by atoms with van der Waals surface area (Å²) in [4.78, 5) is 49.1. The predicted molar refractivity (Wildman–Crippen MR) is 285 cm³/mol. The second kappa shape index (κ2) is 27.3. The Morgan fingerprint density at radius 1 is 0.342 bits per heavy atom. The third-order valence-corrected chi connectivity index (χ3v) is 9.78. The van der Waals surface area contributed by atoms with Gasteiger partial charge >= 0.3 is 24.4 Å². The number of hydrogen-bond acceptors (Lipinski definition) is 12. The third kappa shape index (κ3) is 24.4. The van der Waals surface area contributed by atoms with Crippen LogP contribution in [0.2, 0.25) is 0 Å². The molecule has 0 fully saturated rings. The highest BCUT2D eigenvalue weighted by Crippen LogP contribution is 2.38. The highest BCUT2D eigenvalue weighted by Gasteiger charge is 2.20. The van der Waals surface area contributed by atoms with Gasteiger partial charge in [0.15, 0.2) is 0 Å². The summed E-state index contributed by atoms with van der Waals surface area (Å²) in [7, 11) is 0. The second-order valence-corrected chi connectivity index (χ2v) is 21.6. The number of ether oxygens (including phenoxy) is 8. The quantitative estimate of drug-likeness (QED) is 0.0407. The molecular weight excluding hydrogens is 933 g/mol. The Kier molecular flexibility index (Phi) is 21.9. The number of carbonyl (C=O) groups excluding carboxylic acids is 4. The lowest BCUT2D eigenvalue weighted by Crippen LogP contribution is -2.33. The normalized spacial score (nSPS) is 11.7. The van der Waals surface area contributed by atoms with Crippen molar-refractivity contribution < 1.29 is 57.1 Å². The Labute approximate surface area is 432 Å². The first-order chi connectivity index (χ1) is 34.2. The Morgan fingerprint density at radius 3 is 0.822 bits per heavy atom. The van der Waals surface area contributed by atoms with Crippen LogP contribution in [0.3, 0.4) is 0 Å². The van der Waals surface area contributed by atoms with Crippen molar-refractivity contribution in [1.82, 2.24) is 21.3 Å². The van der Waals surface area contributed by atoms with Crippen LogP contribution in [0, 0.1) is 6.92 Å². The smallest absolute Gasteiger partial charge is 0.407 e. The lowest BCUT2D eigenvalue weighted by molar-refractivity contribution is 0.0513. The molecule has 400 valence electrons. The SMILES string of the molecule is Cc1ccc(-c2cc(-c3cc(OCCCNC(=O)OC(C)(C)C)cc(OCCCNC(=O)OC(C)(C)C)c3)cc(-c3cc(OCCCNC(=O)OC(C)(C)C)cc(OCCCNC(=O)OC(C)(C)C)c3)c2)cc1. The molecule has 0 aromatic heterocycles. The fraction of sp³-hybridized carbons (Fsp3) is 0.509. The summed E-state index contributed by atoms with van der Waals surface area (Å²) < 4.78 is 46.8. The van der Waals surface area contributed by atoms with Gasteiger partial charge in [-0.25, -0.2) is 19.2 Å². The monoisotopic (exact) mass is 1010 g/mol. The minimum absolute atomic E-state index is 0.302. The van der Waals surface area contributed by atoms with Gasteiger partial charge in [-0.3, -0.25) is 0 Å². The Balaban J connectivity index is 1.69. The zero-order valence-corrected chi connectivity index (χ0v) is 45.4. The highest BCUT2D eigenvalue weighted by molar-refractivity contribution is 5.83. The van der Waals surface area contributed by atoms with Crippen molar-refractivity contribution in [2.24, 2.45) is 0 Å². The molecule has 73 heavy (non-hydrogen) atoms. The van der Waals surface area contributed by atoms with Crippen LogP contribution in [0.4, 0.5) is 19.2 Å². The van der Waals surface area contributed by atoms with Gasteiger partial charge in [-0.15, -0.1) is 0 Å². The summed E-state index contributed by atoms with van der Waals surface area (Å²) in [6.07, 6.45) is 0.105. The van der Waals surface area contributed by atoms with Gasteiger partial charge in [-0.2, -0.15) is 0 Å². The molecule has 0 aliphatic rings. The van der Waals surface area contributed by atoms with Crippen molar-refractivity contribution in [1.29, 1.82) is 0 Å². The van der Waals surface area contributed by atoms with Crippen LogP contribution in [0.25, 0.3) is 33.4 Å². The molecular formula is C57H80N4O12. The van der Waals surface area contributed by atoms with Crippen molar-refractivity contribution >= 4 is 24.4 Å². The van der Waals surface area contributed by atoms with Gasteiger partial charge in [0.05, 0.1) is 26.4 Å². The summed E-state index contributed by atoms with van der Waals surface area (Å²) in [5.74, 6) is 2.25. The maximum atomic E-state index is 12.3. The molecule has 16 heteroatoms. The van der Waals surface area contributed by atoms with E-state index in [4.69, 9.17) is 37.9 Å². The number of hydrogen-bond donors (Lipinski definition) is 4. The molecule has 4 aromatic carbocycles. The molecule has 0 atom stereocenters. The van der Waals surface area contributed by atoms with Gasteiger partial charge in [-0.1, -0.05) is 29.8 Å². The van der Waals surface area contributed by atoms with Crippen molar-refractivity contribution in [3.8, 4) is 56.4 Å². The van der Waals surface area contributed by atoms with Crippen LogP contribution in [0.5, 0.6) is 23.0 Å². The maximum Gasteiger partial charge on any atom is 0.407 e. The van der Waals surface area contributed by atoms with E-state index < -0.39 is 46.8 Å². The lowest BCUT2D eigenvalue weighted by atomic mass is 9.92. The van der Waals surface area contributed by atoms with Crippen LogP contribution >= 0.6 is 0 Å².